The van der Waals surface area contributed by atoms with Crippen LogP contribution in [0.15, 0.2) is 35.8 Å². The van der Waals surface area contributed by atoms with Crippen molar-refractivity contribution in [1.82, 2.24) is 10.2 Å². The van der Waals surface area contributed by atoms with Crippen LogP contribution in [0.4, 0.5) is 5.69 Å². The van der Waals surface area contributed by atoms with Crippen LogP contribution in [0.2, 0.25) is 0 Å². The molecule has 0 fully saturated rings. The maximum absolute atomic E-state index is 11.3. The van der Waals surface area contributed by atoms with Gasteiger partial charge in [-0.15, -0.1) is 6.58 Å². The first-order valence-electron chi connectivity index (χ1n) is 7.99. The Bertz CT molecular complexity index is 584. The van der Waals surface area contributed by atoms with Gasteiger partial charge in [0.05, 0.1) is 12.8 Å². The Balaban J connectivity index is 2.71. The van der Waals surface area contributed by atoms with Crippen molar-refractivity contribution in [3.8, 4) is 5.75 Å². The summed E-state index contributed by atoms with van der Waals surface area (Å²) in [4.78, 5) is 17.7. The van der Waals surface area contributed by atoms with Gasteiger partial charge in [0.25, 0.3) is 0 Å². The number of anilines is 1. The SMILES string of the molecule is C=CCCCN(C)C(=NC)NCc1ccc(OC)c(NC(C)=O)c1. The zero-order valence-electron chi connectivity index (χ0n) is 15.1. The molecule has 2 N–H and O–H groups in total. The topological polar surface area (TPSA) is 66.0 Å². The fourth-order valence-corrected chi connectivity index (χ4v) is 2.30. The quantitative estimate of drug-likeness (QED) is 0.332. The Morgan fingerprint density at radius 3 is 2.79 bits per heavy atom. The van der Waals surface area contributed by atoms with Gasteiger partial charge in [-0.05, 0) is 30.5 Å². The van der Waals surface area contributed by atoms with Crippen LogP contribution in [0.1, 0.15) is 25.3 Å². The van der Waals surface area contributed by atoms with Crippen molar-refractivity contribution in [2.24, 2.45) is 4.99 Å². The van der Waals surface area contributed by atoms with Crippen LogP contribution < -0.4 is 15.4 Å². The van der Waals surface area contributed by atoms with E-state index in [1.165, 1.54) is 6.92 Å². The van der Waals surface area contributed by atoms with Crippen LogP contribution in [0, 0.1) is 0 Å². The second-order valence-electron chi connectivity index (χ2n) is 5.47. The van der Waals surface area contributed by atoms with Crippen LogP contribution in [-0.2, 0) is 11.3 Å². The molecule has 0 bridgehead atoms. The van der Waals surface area contributed by atoms with E-state index in [-0.39, 0.29) is 5.91 Å². The molecule has 0 heterocycles. The van der Waals surface area contributed by atoms with Crippen molar-refractivity contribution in [2.45, 2.75) is 26.3 Å². The fraction of sp³-hybridized carbons (Fsp3) is 0.444. The number of benzene rings is 1. The Morgan fingerprint density at radius 2 is 2.21 bits per heavy atom. The fourth-order valence-electron chi connectivity index (χ4n) is 2.30. The Labute approximate surface area is 144 Å². The number of nitrogens with one attached hydrogen (secondary N) is 2. The molecule has 0 aliphatic heterocycles. The van der Waals surface area contributed by atoms with Gasteiger partial charge in [0.1, 0.15) is 5.75 Å². The molecule has 6 heteroatoms. The Morgan fingerprint density at radius 1 is 1.46 bits per heavy atom. The van der Waals surface area contributed by atoms with Gasteiger partial charge in [-0.2, -0.15) is 0 Å². The van der Waals surface area contributed by atoms with Gasteiger partial charge in [0, 0.05) is 34.1 Å². The molecule has 1 rings (SSSR count). The molecule has 0 saturated heterocycles. The third kappa shape index (κ3) is 6.32. The highest BCUT2D eigenvalue weighted by Crippen LogP contribution is 2.25. The monoisotopic (exact) mass is 332 g/mol. The predicted molar refractivity (Wildman–Crippen MR) is 99.6 cm³/mol. The van der Waals surface area contributed by atoms with Crippen molar-refractivity contribution in [2.75, 3.05) is 33.1 Å². The lowest BCUT2D eigenvalue weighted by Gasteiger charge is -2.22. The van der Waals surface area contributed by atoms with E-state index in [9.17, 15) is 4.79 Å². The Kier molecular flexibility index (Phi) is 8.39. The Hall–Kier alpha value is -2.50. The molecule has 0 atom stereocenters. The van der Waals surface area contributed by atoms with Gasteiger partial charge in [-0.25, -0.2) is 0 Å². The number of rotatable bonds is 8. The number of hydrogen-bond donors (Lipinski definition) is 2. The van der Waals surface area contributed by atoms with Crippen LogP contribution in [-0.4, -0.2) is 44.5 Å². The van der Waals surface area contributed by atoms with Crippen molar-refractivity contribution in [3.05, 3.63) is 36.4 Å². The molecule has 132 valence electrons. The van der Waals surface area contributed by atoms with Crippen LogP contribution in [0.5, 0.6) is 5.75 Å². The summed E-state index contributed by atoms with van der Waals surface area (Å²) < 4.78 is 5.27. The molecule has 1 aromatic rings. The third-order valence-electron chi connectivity index (χ3n) is 3.50. The maximum atomic E-state index is 11.3. The molecule has 6 nitrogen and oxygen atoms in total. The molecule has 1 amide bonds. The lowest BCUT2D eigenvalue weighted by molar-refractivity contribution is -0.114. The van der Waals surface area contributed by atoms with Crippen molar-refractivity contribution < 1.29 is 9.53 Å². The number of methoxy groups -OCH3 is 1. The first-order chi connectivity index (χ1) is 11.5. The number of amides is 1. The average molecular weight is 332 g/mol. The molecule has 0 radical (unpaired) electrons. The summed E-state index contributed by atoms with van der Waals surface area (Å²) in [6.07, 6.45) is 3.95. The average Bonchev–Trinajstić information content (AvgIpc) is 2.55. The molecule has 0 spiro atoms. The van der Waals surface area contributed by atoms with Crippen LogP contribution >= 0.6 is 0 Å². The molecule has 24 heavy (non-hydrogen) atoms. The standard InChI is InChI=1S/C18H28N4O2/c1-6-7-8-11-22(4)18(19-3)20-13-15-9-10-17(24-5)16(12-15)21-14(2)23/h6,9-10,12H,1,7-8,11,13H2,2-5H3,(H,19,20)(H,21,23). The number of carbonyl (C=O) groups excluding carboxylic acids is 1. The summed E-state index contributed by atoms with van der Waals surface area (Å²) in [6, 6.07) is 5.71. The predicted octanol–water partition coefficient (Wildman–Crippen LogP) is 2.63. The highest BCUT2D eigenvalue weighted by Gasteiger charge is 2.08. The van der Waals surface area contributed by atoms with E-state index in [1.54, 1.807) is 14.2 Å². The zero-order valence-corrected chi connectivity index (χ0v) is 15.1. The number of guanidine groups is 1. The lowest BCUT2D eigenvalue weighted by Crippen LogP contribution is -2.38. The van der Waals surface area contributed by atoms with Crippen LogP contribution in [0.3, 0.4) is 0 Å². The normalized spacial score (nSPS) is 10.9. The summed E-state index contributed by atoms with van der Waals surface area (Å²) in [7, 11) is 5.36. The minimum Gasteiger partial charge on any atom is -0.495 e. The van der Waals surface area contributed by atoms with Gasteiger partial charge < -0.3 is 20.3 Å². The first-order valence-corrected chi connectivity index (χ1v) is 7.99. The van der Waals surface area contributed by atoms with Crippen LogP contribution in [0.25, 0.3) is 0 Å². The van der Waals surface area contributed by atoms with Crippen molar-refractivity contribution in [3.63, 3.8) is 0 Å². The molecular formula is C18H28N4O2. The summed E-state index contributed by atoms with van der Waals surface area (Å²) >= 11 is 0. The number of unbranched alkanes of at least 4 members (excludes halogenated alkanes) is 1. The van der Waals surface area contributed by atoms with E-state index in [4.69, 9.17) is 4.74 Å². The molecule has 0 unspecified atom stereocenters. The van der Waals surface area contributed by atoms with Gasteiger partial charge >= 0.3 is 0 Å². The first kappa shape index (κ1) is 19.5. The second kappa shape index (κ2) is 10.3. The zero-order chi connectivity index (χ0) is 17.9. The van der Waals surface area contributed by atoms with E-state index in [0.29, 0.717) is 18.0 Å². The molecule has 0 saturated carbocycles. The highest BCUT2D eigenvalue weighted by atomic mass is 16.5. The highest BCUT2D eigenvalue weighted by molar-refractivity contribution is 5.90. The molecule has 1 aromatic carbocycles. The summed E-state index contributed by atoms with van der Waals surface area (Å²) in [5.41, 5.74) is 1.69. The van der Waals surface area contributed by atoms with Crippen molar-refractivity contribution in [1.29, 1.82) is 0 Å². The summed E-state index contributed by atoms with van der Waals surface area (Å²) in [5.74, 6) is 1.34. The second-order valence-corrected chi connectivity index (χ2v) is 5.47. The molecule has 0 aliphatic carbocycles. The smallest absolute Gasteiger partial charge is 0.221 e. The summed E-state index contributed by atoms with van der Waals surface area (Å²) in [5, 5.41) is 6.11. The van der Waals surface area contributed by atoms with Crippen molar-refractivity contribution >= 4 is 17.6 Å². The van der Waals surface area contributed by atoms with E-state index in [1.807, 2.05) is 31.3 Å². The van der Waals surface area contributed by atoms with E-state index in [0.717, 1.165) is 30.9 Å². The number of ether oxygens (including phenoxy) is 1. The van der Waals surface area contributed by atoms with E-state index >= 15 is 0 Å². The maximum Gasteiger partial charge on any atom is 0.221 e. The third-order valence-corrected chi connectivity index (χ3v) is 3.50. The number of allylic oxidation sites excluding steroid dienone is 1. The van der Waals surface area contributed by atoms with Gasteiger partial charge in [-0.1, -0.05) is 12.1 Å². The van der Waals surface area contributed by atoms with E-state index in [2.05, 4.69) is 27.1 Å². The minimum atomic E-state index is -0.129. The number of hydrogen-bond acceptors (Lipinski definition) is 3. The molecule has 0 aromatic heterocycles. The number of nitrogens with zero attached hydrogens (tertiary/aromatic N) is 2. The number of carbonyl (C=O) groups is 1. The number of aliphatic imine (C=N–C) groups is 1. The summed E-state index contributed by atoms with van der Waals surface area (Å²) in [6.45, 7) is 6.73. The van der Waals surface area contributed by atoms with Gasteiger partial charge in [0.15, 0.2) is 5.96 Å². The largest absolute Gasteiger partial charge is 0.495 e. The van der Waals surface area contributed by atoms with Gasteiger partial charge in [0.2, 0.25) is 5.91 Å². The lowest BCUT2D eigenvalue weighted by atomic mass is 10.2. The molecule has 0 aliphatic rings. The molecular weight excluding hydrogens is 304 g/mol. The van der Waals surface area contributed by atoms with E-state index < -0.39 is 0 Å². The minimum absolute atomic E-state index is 0.129. The van der Waals surface area contributed by atoms with Gasteiger partial charge in [-0.3, -0.25) is 9.79 Å².